The minimum atomic E-state index is -4.13. The van der Waals surface area contributed by atoms with Gasteiger partial charge in [-0.3, -0.25) is 4.55 Å². The van der Waals surface area contributed by atoms with Gasteiger partial charge in [0.1, 0.15) is 5.75 Å². The summed E-state index contributed by atoms with van der Waals surface area (Å²) in [5.74, 6) is -0.711. The highest BCUT2D eigenvalue weighted by Gasteiger charge is 2.14. The number of aliphatic hydroxyl groups is 1. The third-order valence-electron chi connectivity index (χ3n) is 1.29. The lowest BCUT2D eigenvalue weighted by molar-refractivity contribution is 0.0256. The Hall–Kier alpha value is -0.430. The molecule has 2 N–H and O–H groups in total. The Bertz CT molecular complexity index is 246. The van der Waals surface area contributed by atoms with Gasteiger partial charge < -0.3 is 9.84 Å². The van der Waals surface area contributed by atoms with Crippen LogP contribution in [0.2, 0.25) is 0 Å². The molecule has 0 saturated carbocycles. The number of hydrogen-bond donors (Lipinski definition) is 2. The van der Waals surface area contributed by atoms with Crippen LogP contribution in [0.15, 0.2) is 12.7 Å². The summed E-state index contributed by atoms with van der Waals surface area (Å²) >= 11 is 0. The van der Waals surface area contributed by atoms with Crippen molar-refractivity contribution in [3.63, 3.8) is 0 Å². The molecule has 0 amide bonds. The third kappa shape index (κ3) is 7.92. The minimum absolute atomic E-state index is 0.146. The summed E-state index contributed by atoms with van der Waals surface area (Å²) in [6.45, 7) is 4.99. The zero-order valence-corrected chi connectivity index (χ0v) is 8.20. The van der Waals surface area contributed by atoms with E-state index < -0.39 is 22.0 Å². The summed E-state index contributed by atoms with van der Waals surface area (Å²) in [4.78, 5) is 0. The van der Waals surface area contributed by atoms with Crippen LogP contribution in [0.3, 0.4) is 0 Å². The van der Waals surface area contributed by atoms with Crippen LogP contribution >= 0.6 is 0 Å². The maximum atomic E-state index is 10.3. The third-order valence-corrected chi connectivity index (χ3v) is 2.09. The van der Waals surface area contributed by atoms with Gasteiger partial charge in [0.15, 0.2) is 0 Å². The number of hydrogen-bond acceptors (Lipinski definition) is 4. The second kappa shape index (κ2) is 5.33. The Morgan fingerprint density at radius 1 is 1.62 bits per heavy atom. The van der Waals surface area contributed by atoms with Gasteiger partial charge in [0.05, 0.1) is 18.8 Å². The van der Waals surface area contributed by atoms with Gasteiger partial charge in [0, 0.05) is 0 Å². The van der Waals surface area contributed by atoms with Crippen molar-refractivity contribution in [1.29, 1.82) is 0 Å². The van der Waals surface area contributed by atoms with E-state index in [0.717, 1.165) is 0 Å². The first-order chi connectivity index (χ1) is 5.85. The number of aliphatic hydroxyl groups excluding tert-OH is 1. The molecule has 2 unspecified atom stereocenters. The lowest BCUT2D eigenvalue weighted by Gasteiger charge is -2.12. The predicted octanol–water partition coefficient (Wildman–Crippen LogP) is -0.174. The molecule has 0 aliphatic carbocycles. The van der Waals surface area contributed by atoms with Crippen LogP contribution < -0.4 is 0 Å². The highest BCUT2D eigenvalue weighted by molar-refractivity contribution is 7.85. The standard InChI is InChI=1S/C7H14O5S/c1-3-6(2)12-4-7(8)5-13(9,10)11/h3,6-8H,1,4-5H2,2H3,(H,9,10,11). The van der Waals surface area contributed by atoms with Gasteiger partial charge in [0.2, 0.25) is 0 Å². The topological polar surface area (TPSA) is 83.8 Å². The normalized spacial score (nSPS) is 16.5. The van der Waals surface area contributed by atoms with Crippen LogP contribution in [0.25, 0.3) is 0 Å². The molecule has 0 spiro atoms. The largest absolute Gasteiger partial charge is 0.390 e. The summed E-state index contributed by atoms with van der Waals surface area (Å²) in [6, 6.07) is 0. The van der Waals surface area contributed by atoms with E-state index >= 15 is 0 Å². The van der Waals surface area contributed by atoms with Gasteiger partial charge in [-0.1, -0.05) is 6.08 Å². The van der Waals surface area contributed by atoms with Crippen molar-refractivity contribution in [1.82, 2.24) is 0 Å². The molecular formula is C7H14O5S. The molecule has 13 heavy (non-hydrogen) atoms. The molecule has 6 heteroatoms. The van der Waals surface area contributed by atoms with Crippen LogP contribution in [-0.2, 0) is 14.9 Å². The van der Waals surface area contributed by atoms with E-state index in [1.165, 1.54) is 6.08 Å². The summed E-state index contributed by atoms with van der Waals surface area (Å²) < 4.78 is 33.9. The SMILES string of the molecule is C=CC(C)OCC(O)CS(=O)(=O)O. The average molecular weight is 210 g/mol. The minimum Gasteiger partial charge on any atom is -0.390 e. The summed E-state index contributed by atoms with van der Waals surface area (Å²) in [6.07, 6.45) is 0.0497. The molecule has 0 aliphatic heterocycles. The smallest absolute Gasteiger partial charge is 0.267 e. The van der Waals surface area contributed by atoms with Crippen molar-refractivity contribution in [2.24, 2.45) is 0 Å². The number of ether oxygens (including phenoxy) is 1. The molecule has 2 atom stereocenters. The molecule has 0 aromatic carbocycles. The lowest BCUT2D eigenvalue weighted by Crippen LogP contribution is -2.26. The first kappa shape index (κ1) is 12.6. The second-order valence-electron chi connectivity index (χ2n) is 2.68. The van der Waals surface area contributed by atoms with E-state index in [9.17, 15) is 8.42 Å². The zero-order chi connectivity index (χ0) is 10.5. The molecule has 5 nitrogen and oxygen atoms in total. The van der Waals surface area contributed by atoms with E-state index in [-0.39, 0.29) is 12.7 Å². The van der Waals surface area contributed by atoms with Gasteiger partial charge in [-0.05, 0) is 6.92 Å². The van der Waals surface area contributed by atoms with Gasteiger partial charge in [-0.2, -0.15) is 8.42 Å². The second-order valence-corrected chi connectivity index (χ2v) is 4.17. The first-order valence-electron chi connectivity index (χ1n) is 3.72. The summed E-state index contributed by atoms with van der Waals surface area (Å²) in [5.41, 5.74) is 0. The first-order valence-corrected chi connectivity index (χ1v) is 5.33. The van der Waals surface area contributed by atoms with E-state index in [1.807, 2.05) is 0 Å². The molecule has 0 radical (unpaired) electrons. The maximum Gasteiger partial charge on any atom is 0.267 e. The summed E-state index contributed by atoms with van der Waals surface area (Å²) in [7, 11) is -4.13. The van der Waals surface area contributed by atoms with E-state index in [1.54, 1.807) is 6.92 Å². The van der Waals surface area contributed by atoms with Crippen molar-refractivity contribution in [2.45, 2.75) is 19.1 Å². The molecule has 0 aromatic rings. The zero-order valence-electron chi connectivity index (χ0n) is 7.38. The molecule has 0 aliphatic rings. The van der Waals surface area contributed by atoms with E-state index in [4.69, 9.17) is 14.4 Å². The van der Waals surface area contributed by atoms with Crippen LogP contribution in [-0.4, -0.2) is 42.6 Å². The summed E-state index contributed by atoms with van der Waals surface area (Å²) in [5, 5.41) is 9.03. The molecule has 0 fully saturated rings. The molecular weight excluding hydrogens is 196 g/mol. The Morgan fingerprint density at radius 3 is 2.54 bits per heavy atom. The Morgan fingerprint density at radius 2 is 2.15 bits per heavy atom. The fraction of sp³-hybridized carbons (Fsp3) is 0.714. The quantitative estimate of drug-likeness (QED) is 0.469. The van der Waals surface area contributed by atoms with Crippen molar-refractivity contribution in [3.8, 4) is 0 Å². The number of rotatable bonds is 6. The van der Waals surface area contributed by atoms with Crippen LogP contribution in [0.5, 0.6) is 0 Å². The Kier molecular flexibility index (Phi) is 5.16. The molecule has 78 valence electrons. The van der Waals surface area contributed by atoms with Crippen LogP contribution in [0.1, 0.15) is 6.92 Å². The monoisotopic (exact) mass is 210 g/mol. The van der Waals surface area contributed by atoms with Crippen molar-refractivity contribution >= 4 is 10.1 Å². The van der Waals surface area contributed by atoms with Crippen molar-refractivity contribution in [2.75, 3.05) is 12.4 Å². The van der Waals surface area contributed by atoms with E-state index in [0.29, 0.717) is 0 Å². The van der Waals surface area contributed by atoms with Crippen molar-refractivity contribution in [3.05, 3.63) is 12.7 Å². The molecule has 0 rings (SSSR count). The lowest BCUT2D eigenvalue weighted by atomic mass is 10.4. The molecule has 0 heterocycles. The molecule has 0 saturated heterocycles. The maximum absolute atomic E-state index is 10.3. The van der Waals surface area contributed by atoms with Gasteiger partial charge in [0.25, 0.3) is 10.1 Å². The van der Waals surface area contributed by atoms with Crippen molar-refractivity contribution < 1.29 is 22.8 Å². The fourth-order valence-electron chi connectivity index (χ4n) is 0.622. The highest BCUT2D eigenvalue weighted by atomic mass is 32.2. The van der Waals surface area contributed by atoms with Crippen LogP contribution in [0.4, 0.5) is 0 Å². The molecule has 0 aromatic heterocycles. The van der Waals surface area contributed by atoms with Gasteiger partial charge in [-0.15, -0.1) is 6.58 Å². The fourth-order valence-corrected chi connectivity index (χ4v) is 1.20. The highest BCUT2D eigenvalue weighted by Crippen LogP contribution is 1.96. The Labute approximate surface area is 77.8 Å². The average Bonchev–Trinajstić information content (AvgIpc) is 1.97. The van der Waals surface area contributed by atoms with Crippen LogP contribution in [0, 0.1) is 0 Å². The Balaban J connectivity index is 3.76. The van der Waals surface area contributed by atoms with E-state index in [2.05, 4.69) is 6.58 Å². The predicted molar refractivity (Wildman–Crippen MR) is 48.0 cm³/mol. The van der Waals surface area contributed by atoms with Gasteiger partial charge in [-0.25, -0.2) is 0 Å². The van der Waals surface area contributed by atoms with Gasteiger partial charge >= 0.3 is 0 Å². The molecule has 0 bridgehead atoms.